The van der Waals surface area contributed by atoms with Crippen molar-refractivity contribution >= 4 is 39.1 Å². The van der Waals surface area contributed by atoms with Crippen molar-refractivity contribution in [1.82, 2.24) is 0 Å². The summed E-state index contributed by atoms with van der Waals surface area (Å²) in [5.74, 6) is -0.0423. The van der Waals surface area contributed by atoms with Crippen molar-refractivity contribution in [2.45, 2.75) is 37.9 Å². The van der Waals surface area contributed by atoms with Gasteiger partial charge in [-0.2, -0.15) is 0 Å². The van der Waals surface area contributed by atoms with Gasteiger partial charge in [-0.25, -0.2) is 0 Å². The monoisotopic (exact) mass is 317 g/mol. The summed E-state index contributed by atoms with van der Waals surface area (Å²) in [5, 5.41) is 3.53. The highest BCUT2D eigenvalue weighted by atomic mass is 79.9. The summed E-state index contributed by atoms with van der Waals surface area (Å²) >= 11 is 9.46. The van der Waals surface area contributed by atoms with Crippen LogP contribution in [0.2, 0.25) is 5.02 Å². The number of amides is 1. The van der Waals surface area contributed by atoms with Crippen molar-refractivity contribution < 1.29 is 4.79 Å². The van der Waals surface area contributed by atoms with E-state index in [0.717, 1.165) is 24.1 Å². The van der Waals surface area contributed by atoms with E-state index in [-0.39, 0.29) is 5.91 Å². The second kappa shape index (κ2) is 5.87. The first kappa shape index (κ1) is 14.5. The van der Waals surface area contributed by atoms with E-state index in [0.29, 0.717) is 5.02 Å². The van der Waals surface area contributed by atoms with Gasteiger partial charge in [0, 0.05) is 10.7 Å². The molecule has 0 spiro atoms. The minimum absolute atomic E-state index is 0.0423. The van der Waals surface area contributed by atoms with E-state index in [1.807, 2.05) is 26.0 Å². The van der Waals surface area contributed by atoms with Crippen molar-refractivity contribution in [3.8, 4) is 0 Å². The quantitative estimate of drug-likeness (QED) is 0.811. The molecule has 0 aliphatic carbocycles. The van der Waals surface area contributed by atoms with Crippen LogP contribution < -0.4 is 5.32 Å². The van der Waals surface area contributed by atoms with Crippen molar-refractivity contribution in [1.29, 1.82) is 0 Å². The lowest BCUT2D eigenvalue weighted by molar-refractivity contribution is -0.118. The van der Waals surface area contributed by atoms with Crippen molar-refractivity contribution in [2.24, 2.45) is 0 Å². The third-order valence-corrected chi connectivity index (χ3v) is 3.79. The second-order valence-corrected chi connectivity index (χ2v) is 6.52. The summed E-state index contributed by atoms with van der Waals surface area (Å²) in [7, 11) is 0. The molecule has 0 aromatic heterocycles. The fourth-order valence-electron chi connectivity index (χ4n) is 1.52. The van der Waals surface area contributed by atoms with Crippen LogP contribution in [-0.4, -0.2) is 10.2 Å². The van der Waals surface area contributed by atoms with E-state index in [9.17, 15) is 4.79 Å². The van der Waals surface area contributed by atoms with Gasteiger partial charge >= 0.3 is 0 Å². The highest BCUT2D eigenvalue weighted by molar-refractivity contribution is 9.10. The molecule has 0 saturated carbocycles. The van der Waals surface area contributed by atoms with Crippen LogP contribution in [0.3, 0.4) is 0 Å². The number of alkyl halides is 1. The van der Waals surface area contributed by atoms with Gasteiger partial charge < -0.3 is 5.32 Å². The molecule has 1 N–H and O–H groups in total. The van der Waals surface area contributed by atoms with E-state index in [2.05, 4.69) is 28.2 Å². The predicted molar refractivity (Wildman–Crippen MR) is 77.1 cm³/mol. The summed E-state index contributed by atoms with van der Waals surface area (Å²) < 4.78 is -0.529. The summed E-state index contributed by atoms with van der Waals surface area (Å²) in [6.45, 7) is 5.86. The number of carbonyl (C=O) groups excluding carboxylic acids is 1. The van der Waals surface area contributed by atoms with E-state index >= 15 is 0 Å². The summed E-state index contributed by atoms with van der Waals surface area (Å²) in [5.41, 5.74) is 1.73. The molecule has 0 fully saturated rings. The lowest BCUT2D eigenvalue weighted by atomic mass is 10.1. The summed E-state index contributed by atoms with van der Waals surface area (Å²) in [6, 6.07) is 5.52. The highest BCUT2D eigenvalue weighted by Gasteiger charge is 2.28. The van der Waals surface area contributed by atoms with E-state index in [4.69, 9.17) is 11.6 Å². The van der Waals surface area contributed by atoms with Crippen molar-refractivity contribution in [3.63, 3.8) is 0 Å². The summed E-state index contributed by atoms with van der Waals surface area (Å²) in [6.07, 6.45) is 1.74. The molecule has 1 atom stereocenters. The molecule has 1 aromatic carbocycles. The Hall–Kier alpha value is -0.540. The Morgan fingerprint density at radius 3 is 2.71 bits per heavy atom. The number of nitrogens with one attached hydrogen (secondary N) is 1. The van der Waals surface area contributed by atoms with Crippen molar-refractivity contribution in [3.05, 3.63) is 28.8 Å². The van der Waals surface area contributed by atoms with Crippen LogP contribution in [0.4, 0.5) is 5.69 Å². The lowest BCUT2D eigenvalue weighted by Gasteiger charge is -2.21. The maximum Gasteiger partial charge on any atom is 0.240 e. The van der Waals surface area contributed by atoms with Gasteiger partial charge in [0.15, 0.2) is 0 Å². The number of aryl methyl sites for hydroxylation is 1. The van der Waals surface area contributed by atoms with Gasteiger partial charge in [0.05, 0.1) is 0 Å². The maximum absolute atomic E-state index is 12.0. The number of benzene rings is 1. The fourth-order valence-corrected chi connectivity index (χ4v) is 2.19. The number of anilines is 1. The zero-order chi connectivity index (χ0) is 13.1. The van der Waals surface area contributed by atoms with Crippen LogP contribution in [0.1, 0.15) is 32.3 Å². The molecule has 0 saturated heterocycles. The molecule has 1 amide bonds. The Bertz CT molecular complexity index is 418. The fraction of sp³-hybridized carbons (Fsp3) is 0.462. The van der Waals surface area contributed by atoms with Crippen LogP contribution in [0, 0.1) is 6.92 Å². The SMILES string of the molecule is CCCC(C)(Br)C(=O)Nc1ccc(C)c(Cl)c1. The van der Waals surface area contributed by atoms with Crippen LogP contribution in [-0.2, 0) is 4.79 Å². The minimum atomic E-state index is -0.529. The first-order chi connectivity index (χ1) is 7.86. The molecule has 4 heteroatoms. The highest BCUT2D eigenvalue weighted by Crippen LogP contribution is 2.26. The third kappa shape index (κ3) is 4.00. The number of rotatable bonds is 4. The third-order valence-electron chi connectivity index (χ3n) is 2.62. The molecule has 1 aromatic rings. The molecule has 1 unspecified atom stereocenters. The molecule has 0 radical (unpaired) electrons. The largest absolute Gasteiger partial charge is 0.325 e. The lowest BCUT2D eigenvalue weighted by Crippen LogP contribution is -2.34. The van der Waals surface area contributed by atoms with Crippen LogP contribution in [0.15, 0.2) is 18.2 Å². The molecule has 17 heavy (non-hydrogen) atoms. The smallest absolute Gasteiger partial charge is 0.240 e. The van der Waals surface area contributed by atoms with Crippen LogP contribution >= 0.6 is 27.5 Å². The van der Waals surface area contributed by atoms with Gasteiger partial charge in [-0.3, -0.25) is 4.79 Å². The first-order valence-corrected chi connectivity index (χ1v) is 6.80. The van der Waals surface area contributed by atoms with E-state index in [1.165, 1.54) is 0 Å². The average molecular weight is 319 g/mol. The molecule has 0 aliphatic heterocycles. The van der Waals surface area contributed by atoms with Crippen molar-refractivity contribution in [2.75, 3.05) is 5.32 Å². The van der Waals surface area contributed by atoms with E-state index < -0.39 is 4.32 Å². The van der Waals surface area contributed by atoms with E-state index in [1.54, 1.807) is 6.07 Å². The zero-order valence-electron chi connectivity index (χ0n) is 10.3. The van der Waals surface area contributed by atoms with Gasteiger partial charge in [0.1, 0.15) is 4.32 Å². The predicted octanol–water partition coefficient (Wildman–Crippen LogP) is 4.54. The minimum Gasteiger partial charge on any atom is -0.325 e. The number of hydrogen-bond acceptors (Lipinski definition) is 1. The molecule has 0 aliphatic rings. The maximum atomic E-state index is 12.0. The van der Waals surface area contributed by atoms with Crippen LogP contribution in [0.5, 0.6) is 0 Å². The number of halogens is 2. The Kier molecular flexibility index (Phi) is 5.02. The summed E-state index contributed by atoms with van der Waals surface area (Å²) in [4.78, 5) is 12.0. The first-order valence-electron chi connectivity index (χ1n) is 5.63. The molecule has 2 nitrogen and oxygen atoms in total. The van der Waals surface area contributed by atoms with Gasteiger partial charge in [0.25, 0.3) is 0 Å². The van der Waals surface area contributed by atoms with Crippen LogP contribution in [0.25, 0.3) is 0 Å². The average Bonchev–Trinajstić information content (AvgIpc) is 2.23. The topological polar surface area (TPSA) is 29.1 Å². The Labute approximate surface area is 116 Å². The molecule has 0 bridgehead atoms. The van der Waals surface area contributed by atoms with Gasteiger partial charge in [0.2, 0.25) is 5.91 Å². The Morgan fingerprint density at radius 1 is 1.53 bits per heavy atom. The van der Waals surface area contributed by atoms with Gasteiger partial charge in [-0.15, -0.1) is 0 Å². The number of hydrogen-bond donors (Lipinski definition) is 1. The Balaban J connectivity index is 2.77. The van der Waals surface area contributed by atoms with Gasteiger partial charge in [-0.05, 0) is 38.0 Å². The normalized spacial score (nSPS) is 14.2. The molecule has 0 heterocycles. The second-order valence-electron chi connectivity index (χ2n) is 4.37. The molecule has 94 valence electrons. The number of carbonyl (C=O) groups is 1. The van der Waals surface area contributed by atoms with Gasteiger partial charge in [-0.1, -0.05) is 46.9 Å². The Morgan fingerprint density at radius 2 is 2.18 bits per heavy atom. The standard InChI is InChI=1S/C13H17BrClNO/c1-4-7-13(3,14)12(17)16-10-6-5-9(2)11(15)8-10/h5-6,8H,4,7H2,1-3H3,(H,16,17). The molecule has 1 rings (SSSR count). The molecular formula is C13H17BrClNO. The zero-order valence-corrected chi connectivity index (χ0v) is 12.7. The molecular weight excluding hydrogens is 302 g/mol.